The van der Waals surface area contributed by atoms with Gasteiger partial charge in [-0.05, 0) is 13.8 Å². The molecule has 0 radical (unpaired) electrons. The molecule has 0 amide bonds. The van der Waals surface area contributed by atoms with Crippen LogP contribution in [0.2, 0.25) is 0 Å². The molecule has 6 nitrogen and oxygen atoms in total. The van der Waals surface area contributed by atoms with Crippen LogP contribution in [0.5, 0.6) is 0 Å². The molecule has 1 N–H and O–H groups in total. The van der Waals surface area contributed by atoms with E-state index in [2.05, 4.69) is 0 Å². The van der Waals surface area contributed by atoms with Gasteiger partial charge in [-0.15, -0.1) is 0 Å². The Morgan fingerprint density at radius 3 is 2.59 bits per heavy atom. The maximum atomic E-state index is 9.89. The summed E-state index contributed by atoms with van der Waals surface area (Å²) in [6.07, 6.45) is -2.42. The molecule has 0 bridgehead atoms. The monoisotopic (exact) mass is 248 g/mol. The quantitative estimate of drug-likeness (QED) is 0.748. The number of aliphatic hydroxyl groups excluding tert-OH is 1. The molecule has 0 aliphatic carbocycles. The number of aliphatic hydroxyl groups is 1. The van der Waals surface area contributed by atoms with Crippen molar-refractivity contribution in [3.05, 3.63) is 0 Å². The lowest BCUT2D eigenvalue weighted by Gasteiger charge is -2.27. The van der Waals surface area contributed by atoms with Crippen molar-refractivity contribution in [3.8, 4) is 0 Å². The van der Waals surface area contributed by atoms with Gasteiger partial charge in [0, 0.05) is 14.2 Å². The molecule has 0 aromatic heterocycles. The third-order valence-electron chi connectivity index (χ3n) is 3.02. The number of hydrogen-bond donors (Lipinski definition) is 1. The van der Waals surface area contributed by atoms with E-state index in [9.17, 15) is 5.11 Å². The van der Waals surface area contributed by atoms with Crippen LogP contribution in [-0.2, 0) is 23.7 Å². The molecule has 2 saturated heterocycles. The maximum absolute atomic E-state index is 9.89. The lowest BCUT2D eigenvalue weighted by Crippen LogP contribution is -2.43. The molecular formula is C11H20O6. The van der Waals surface area contributed by atoms with Crippen LogP contribution in [0.1, 0.15) is 13.8 Å². The average molecular weight is 248 g/mol. The highest BCUT2D eigenvalue weighted by atomic mass is 16.8. The summed E-state index contributed by atoms with van der Waals surface area (Å²) >= 11 is 0. The van der Waals surface area contributed by atoms with Crippen LogP contribution in [0, 0.1) is 0 Å². The van der Waals surface area contributed by atoms with Crippen molar-refractivity contribution in [1.82, 2.24) is 0 Å². The molecule has 0 unspecified atom stereocenters. The molecule has 0 spiro atoms. The van der Waals surface area contributed by atoms with E-state index in [0.29, 0.717) is 0 Å². The van der Waals surface area contributed by atoms with E-state index in [4.69, 9.17) is 23.7 Å². The van der Waals surface area contributed by atoms with Gasteiger partial charge in [0.2, 0.25) is 0 Å². The van der Waals surface area contributed by atoms with Crippen molar-refractivity contribution in [3.63, 3.8) is 0 Å². The van der Waals surface area contributed by atoms with Crippen LogP contribution >= 0.6 is 0 Å². The van der Waals surface area contributed by atoms with Crippen LogP contribution in [0.3, 0.4) is 0 Å². The lowest BCUT2D eigenvalue weighted by molar-refractivity contribution is -0.229. The number of methoxy groups -OCH3 is 2. The molecule has 2 aliphatic rings. The van der Waals surface area contributed by atoms with Crippen molar-refractivity contribution in [2.24, 2.45) is 0 Å². The second kappa shape index (κ2) is 4.79. The molecule has 0 saturated carbocycles. The van der Waals surface area contributed by atoms with Crippen molar-refractivity contribution >= 4 is 0 Å². The highest BCUT2D eigenvalue weighted by molar-refractivity contribution is 4.96. The van der Waals surface area contributed by atoms with Crippen LogP contribution < -0.4 is 0 Å². The molecule has 17 heavy (non-hydrogen) atoms. The molecule has 2 aliphatic heterocycles. The molecule has 0 aromatic rings. The van der Waals surface area contributed by atoms with Gasteiger partial charge in [0.05, 0.1) is 6.61 Å². The van der Waals surface area contributed by atoms with E-state index in [0.717, 1.165) is 0 Å². The average Bonchev–Trinajstić information content (AvgIpc) is 2.69. The molecule has 5 atom stereocenters. The fraction of sp³-hybridized carbons (Fsp3) is 1.00. The number of hydrogen-bond acceptors (Lipinski definition) is 6. The van der Waals surface area contributed by atoms with Crippen LogP contribution in [0.4, 0.5) is 0 Å². The SMILES string of the molecule is COC[C@@H](O)[C@@H]1O[C@@H]2OC(C)(C)O[C@@H]2[C@H]1OC. The summed E-state index contributed by atoms with van der Waals surface area (Å²) in [5, 5.41) is 9.89. The van der Waals surface area contributed by atoms with Gasteiger partial charge in [-0.2, -0.15) is 0 Å². The highest BCUT2D eigenvalue weighted by Crippen LogP contribution is 2.39. The van der Waals surface area contributed by atoms with Gasteiger partial charge in [0.25, 0.3) is 0 Å². The van der Waals surface area contributed by atoms with E-state index in [-0.39, 0.29) is 18.8 Å². The Balaban J connectivity index is 2.05. The second-order valence-electron chi connectivity index (χ2n) is 4.79. The number of fused-ring (bicyclic) bond motifs is 1. The lowest BCUT2D eigenvalue weighted by atomic mass is 10.1. The van der Waals surface area contributed by atoms with E-state index >= 15 is 0 Å². The second-order valence-corrected chi connectivity index (χ2v) is 4.79. The predicted octanol–water partition coefficient (Wildman–Crippen LogP) is -0.115. The molecule has 2 heterocycles. The fourth-order valence-electron chi connectivity index (χ4n) is 2.35. The summed E-state index contributed by atoms with van der Waals surface area (Å²) < 4.78 is 27.2. The van der Waals surface area contributed by atoms with Crippen molar-refractivity contribution < 1.29 is 28.8 Å². The molecular weight excluding hydrogens is 228 g/mol. The molecule has 100 valence electrons. The number of ether oxygens (including phenoxy) is 5. The van der Waals surface area contributed by atoms with Gasteiger partial charge in [0.15, 0.2) is 12.1 Å². The summed E-state index contributed by atoms with van der Waals surface area (Å²) in [5.74, 6) is -0.677. The molecule has 2 rings (SSSR count). The predicted molar refractivity (Wildman–Crippen MR) is 57.4 cm³/mol. The van der Waals surface area contributed by atoms with Gasteiger partial charge in [0.1, 0.15) is 24.4 Å². The van der Waals surface area contributed by atoms with Gasteiger partial charge < -0.3 is 28.8 Å². The largest absolute Gasteiger partial charge is 0.388 e. The van der Waals surface area contributed by atoms with E-state index in [1.807, 2.05) is 13.8 Å². The highest BCUT2D eigenvalue weighted by Gasteiger charge is 2.56. The Hall–Kier alpha value is -0.240. The molecule has 0 aromatic carbocycles. The first-order valence-electron chi connectivity index (χ1n) is 5.69. The Morgan fingerprint density at radius 2 is 2.00 bits per heavy atom. The first kappa shape index (κ1) is 13.2. The third kappa shape index (κ3) is 2.47. The minimum atomic E-state index is -0.758. The summed E-state index contributed by atoms with van der Waals surface area (Å²) in [6, 6.07) is 0. The van der Waals surface area contributed by atoms with Gasteiger partial charge in [-0.3, -0.25) is 0 Å². The Morgan fingerprint density at radius 1 is 1.29 bits per heavy atom. The van der Waals surface area contributed by atoms with E-state index in [1.54, 1.807) is 7.11 Å². The third-order valence-corrected chi connectivity index (χ3v) is 3.02. The minimum absolute atomic E-state index is 0.188. The standard InChI is InChI=1S/C11H20O6/c1-11(2)16-9-8(14-4)7(6(12)5-13-3)15-10(9)17-11/h6-10,12H,5H2,1-4H3/t6-,7+,8+,9-,10-/m1/s1. The Labute approximate surface area is 101 Å². The normalized spacial score (nSPS) is 41.5. The summed E-state index contributed by atoms with van der Waals surface area (Å²) in [7, 11) is 3.09. The van der Waals surface area contributed by atoms with Gasteiger partial charge in [-0.1, -0.05) is 0 Å². The van der Waals surface area contributed by atoms with Crippen molar-refractivity contribution in [2.45, 2.75) is 50.3 Å². The topological polar surface area (TPSA) is 66.4 Å². The fourth-order valence-corrected chi connectivity index (χ4v) is 2.35. The zero-order valence-corrected chi connectivity index (χ0v) is 10.6. The first-order chi connectivity index (χ1) is 7.98. The number of rotatable bonds is 4. The summed E-state index contributed by atoms with van der Waals surface area (Å²) in [6.45, 7) is 3.83. The first-order valence-corrected chi connectivity index (χ1v) is 5.69. The van der Waals surface area contributed by atoms with E-state index < -0.39 is 24.3 Å². The molecule has 2 fully saturated rings. The Bertz CT molecular complexity index is 269. The summed E-state index contributed by atoms with van der Waals surface area (Å²) in [5.41, 5.74) is 0. The van der Waals surface area contributed by atoms with Crippen molar-refractivity contribution in [1.29, 1.82) is 0 Å². The summed E-state index contributed by atoms with van der Waals surface area (Å²) in [4.78, 5) is 0. The van der Waals surface area contributed by atoms with Crippen LogP contribution in [0.15, 0.2) is 0 Å². The van der Waals surface area contributed by atoms with E-state index in [1.165, 1.54) is 7.11 Å². The van der Waals surface area contributed by atoms with Crippen molar-refractivity contribution in [2.75, 3.05) is 20.8 Å². The zero-order valence-electron chi connectivity index (χ0n) is 10.6. The Kier molecular flexibility index (Phi) is 3.72. The minimum Gasteiger partial charge on any atom is -0.388 e. The van der Waals surface area contributed by atoms with Gasteiger partial charge in [-0.25, -0.2) is 0 Å². The van der Waals surface area contributed by atoms with Crippen LogP contribution in [0.25, 0.3) is 0 Å². The molecule has 6 heteroatoms. The van der Waals surface area contributed by atoms with Gasteiger partial charge >= 0.3 is 0 Å². The zero-order chi connectivity index (χ0) is 12.6. The smallest absolute Gasteiger partial charge is 0.190 e. The van der Waals surface area contributed by atoms with Crippen LogP contribution in [-0.4, -0.2) is 62.4 Å². The maximum Gasteiger partial charge on any atom is 0.190 e.